The Morgan fingerprint density at radius 2 is 2.12 bits per heavy atom. The minimum atomic E-state index is 0.296. The third-order valence-corrected chi connectivity index (χ3v) is 1.31. The molecule has 8 heavy (non-hydrogen) atoms. The van der Waals surface area contributed by atoms with Crippen molar-refractivity contribution in [3.05, 3.63) is 0 Å². The standard InChI is InChI=1S/C6H11OSi/c1-6(7)4-2-3-5-8/h2-5H2,1H3. The lowest BCUT2D eigenvalue weighted by Crippen LogP contribution is -1.88. The lowest BCUT2D eigenvalue weighted by Gasteiger charge is -1.90. The Morgan fingerprint density at radius 1 is 1.50 bits per heavy atom. The van der Waals surface area contributed by atoms with Crippen LogP contribution in [0, 0.1) is 0 Å². The van der Waals surface area contributed by atoms with Crippen LogP contribution in [-0.2, 0) is 4.79 Å². The second kappa shape index (κ2) is 5.03. The molecule has 0 N–H and O–H groups in total. The van der Waals surface area contributed by atoms with Gasteiger partial charge < -0.3 is 4.79 Å². The minimum Gasteiger partial charge on any atom is -0.300 e. The normalized spacial score (nSPS) is 9.25. The van der Waals surface area contributed by atoms with Crippen molar-refractivity contribution in [1.29, 1.82) is 0 Å². The molecule has 0 heterocycles. The van der Waals surface area contributed by atoms with Crippen LogP contribution in [0.25, 0.3) is 0 Å². The second-order valence-corrected chi connectivity index (χ2v) is 2.41. The van der Waals surface area contributed by atoms with Crippen molar-refractivity contribution in [2.75, 3.05) is 0 Å². The maximum atomic E-state index is 10.3. The highest BCUT2D eigenvalue weighted by Gasteiger charge is 1.89. The summed E-state index contributed by atoms with van der Waals surface area (Å²) < 4.78 is 0. The number of unbranched alkanes of at least 4 members (excludes halogenated alkanes) is 1. The molecule has 0 bridgehead atoms. The van der Waals surface area contributed by atoms with E-state index < -0.39 is 0 Å². The molecule has 0 fully saturated rings. The first-order valence-electron chi connectivity index (χ1n) is 2.91. The van der Waals surface area contributed by atoms with Gasteiger partial charge in [0.2, 0.25) is 0 Å². The van der Waals surface area contributed by atoms with Crippen LogP contribution in [0.15, 0.2) is 0 Å². The molecule has 0 atom stereocenters. The number of Topliss-reactive ketones (excluding diaryl/α,β-unsaturated/α-hetero) is 1. The first-order valence-corrected chi connectivity index (χ1v) is 3.62. The fraction of sp³-hybridized carbons (Fsp3) is 0.833. The number of hydrogen-bond donors (Lipinski definition) is 0. The summed E-state index contributed by atoms with van der Waals surface area (Å²) in [6.45, 7) is 1.63. The number of carbonyl (C=O) groups is 1. The Bertz CT molecular complexity index is 70.9. The Morgan fingerprint density at radius 3 is 2.50 bits per heavy atom. The van der Waals surface area contributed by atoms with Gasteiger partial charge in [0.05, 0.1) is 0 Å². The SMILES string of the molecule is CC(=O)CCCC[Si]. The van der Waals surface area contributed by atoms with Gasteiger partial charge in [0.15, 0.2) is 0 Å². The monoisotopic (exact) mass is 127 g/mol. The molecule has 0 saturated heterocycles. The van der Waals surface area contributed by atoms with E-state index >= 15 is 0 Å². The van der Waals surface area contributed by atoms with Gasteiger partial charge in [-0.25, -0.2) is 0 Å². The van der Waals surface area contributed by atoms with Gasteiger partial charge in [-0.15, -0.1) is 0 Å². The zero-order chi connectivity index (χ0) is 6.41. The van der Waals surface area contributed by atoms with E-state index in [-0.39, 0.29) is 0 Å². The molecule has 0 amide bonds. The van der Waals surface area contributed by atoms with E-state index in [9.17, 15) is 4.79 Å². The summed E-state index contributed by atoms with van der Waals surface area (Å²) >= 11 is 0. The van der Waals surface area contributed by atoms with Crippen LogP contribution in [0.1, 0.15) is 26.2 Å². The van der Waals surface area contributed by atoms with Gasteiger partial charge in [-0.05, 0) is 13.3 Å². The molecule has 1 nitrogen and oxygen atoms in total. The molecule has 2 heteroatoms. The summed E-state index contributed by atoms with van der Waals surface area (Å²) in [5.41, 5.74) is 0. The highest BCUT2D eigenvalue weighted by Crippen LogP contribution is 1.97. The van der Waals surface area contributed by atoms with Crippen LogP contribution in [0.2, 0.25) is 6.04 Å². The molecule has 0 saturated carbocycles. The molecule has 0 aromatic carbocycles. The van der Waals surface area contributed by atoms with Gasteiger partial charge in [0.1, 0.15) is 5.78 Å². The van der Waals surface area contributed by atoms with E-state index in [1.54, 1.807) is 6.92 Å². The molecule has 0 aromatic rings. The number of hydrogen-bond acceptors (Lipinski definition) is 1. The van der Waals surface area contributed by atoms with Gasteiger partial charge in [0.25, 0.3) is 0 Å². The van der Waals surface area contributed by atoms with E-state index in [4.69, 9.17) is 0 Å². The van der Waals surface area contributed by atoms with Gasteiger partial charge in [-0.3, -0.25) is 0 Å². The zero-order valence-electron chi connectivity index (χ0n) is 5.24. The van der Waals surface area contributed by atoms with Gasteiger partial charge in [-0.2, -0.15) is 0 Å². The van der Waals surface area contributed by atoms with Crippen LogP contribution in [-0.4, -0.2) is 16.0 Å². The van der Waals surface area contributed by atoms with E-state index in [2.05, 4.69) is 10.2 Å². The Kier molecular flexibility index (Phi) is 4.96. The lowest BCUT2D eigenvalue weighted by molar-refractivity contribution is -0.117. The molecule has 0 aromatic heterocycles. The molecule has 3 radical (unpaired) electrons. The number of carbonyl (C=O) groups excluding carboxylic acids is 1. The highest BCUT2D eigenvalue weighted by atomic mass is 28.1. The molecule has 45 valence electrons. The maximum absolute atomic E-state index is 10.3. The molecular formula is C6H11OSi. The predicted octanol–water partition coefficient (Wildman–Crippen LogP) is 1.33. The Labute approximate surface area is 53.9 Å². The maximum Gasteiger partial charge on any atom is 0.129 e. The smallest absolute Gasteiger partial charge is 0.129 e. The zero-order valence-corrected chi connectivity index (χ0v) is 6.24. The summed E-state index contributed by atoms with van der Waals surface area (Å²) in [7, 11) is 3.33. The van der Waals surface area contributed by atoms with Crippen molar-refractivity contribution >= 4 is 16.0 Å². The molecule has 0 aliphatic carbocycles. The first-order chi connectivity index (χ1) is 3.77. The van der Waals surface area contributed by atoms with E-state index in [0.717, 1.165) is 25.3 Å². The van der Waals surface area contributed by atoms with Crippen LogP contribution in [0.5, 0.6) is 0 Å². The highest BCUT2D eigenvalue weighted by molar-refractivity contribution is 6.08. The molecule has 0 unspecified atom stereocenters. The third kappa shape index (κ3) is 5.89. The van der Waals surface area contributed by atoms with Crippen molar-refractivity contribution in [2.45, 2.75) is 32.2 Å². The molecule has 0 aliphatic heterocycles. The second-order valence-electron chi connectivity index (χ2n) is 1.91. The molecule has 0 rings (SSSR count). The van der Waals surface area contributed by atoms with Gasteiger partial charge in [0, 0.05) is 16.7 Å². The van der Waals surface area contributed by atoms with Crippen LogP contribution >= 0.6 is 0 Å². The van der Waals surface area contributed by atoms with Crippen molar-refractivity contribution in [2.24, 2.45) is 0 Å². The fourth-order valence-electron chi connectivity index (χ4n) is 0.499. The lowest BCUT2D eigenvalue weighted by atomic mass is 10.2. The average Bonchev–Trinajstić information content (AvgIpc) is 1.66. The van der Waals surface area contributed by atoms with Gasteiger partial charge in [-0.1, -0.05) is 12.5 Å². The van der Waals surface area contributed by atoms with E-state index in [1.807, 2.05) is 0 Å². The van der Waals surface area contributed by atoms with Crippen LogP contribution < -0.4 is 0 Å². The van der Waals surface area contributed by atoms with Crippen LogP contribution in [0.4, 0.5) is 0 Å². The topological polar surface area (TPSA) is 17.1 Å². The summed E-state index contributed by atoms with van der Waals surface area (Å²) in [4.78, 5) is 10.3. The number of rotatable bonds is 4. The third-order valence-electron chi connectivity index (χ3n) is 0.956. The molecular weight excluding hydrogens is 116 g/mol. The van der Waals surface area contributed by atoms with Crippen LogP contribution in [0.3, 0.4) is 0 Å². The van der Waals surface area contributed by atoms with Crippen molar-refractivity contribution in [3.63, 3.8) is 0 Å². The summed E-state index contributed by atoms with van der Waals surface area (Å²) in [5.74, 6) is 0.296. The number of ketones is 1. The predicted molar refractivity (Wildman–Crippen MR) is 35.1 cm³/mol. The van der Waals surface area contributed by atoms with E-state index in [1.165, 1.54) is 0 Å². The molecule has 0 spiro atoms. The van der Waals surface area contributed by atoms with Crippen molar-refractivity contribution < 1.29 is 4.79 Å². The Hall–Kier alpha value is -0.113. The Balaban J connectivity index is 2.82. The summed E-state index contributed by atoms with van der Waals surface area (Å²) in [5, 5.41) is 0. The van der Waals surface area contributed by atoms with Crippen molar-refractivity contribution in [3.8, 4) is 0 Å². The fourth-order valence-corrected chi connectivity index (χ4v) is 0.749. The quantitative estimate of drug-likeness (QED) is 0.411. The molecule has 0 aliphatic rings. The first kappa shape index (κ1) is 7.89. The summed E-state index contributed by atoms with van der Waals surface area (Å²) in [6, 6.07) is 1.01. The summed E-state index contributed by atoms with van der Waals surface area (Å²) in [6.07, 6.45) is 2.87. The van der Waals surface area contributed by atoms with Crippen molar-refractivity contribution in [1.82, 2.24) is 0 Å². The minimum absolute atomic E-state index is 0.296. The van der Waals surface area contributed by atoms with E-state index in [0.29, 0.717) is 5.78 Å². The van der Waals surface area contributed by atoms with Gasteiger partial charge >= 0.3 is 0 Å². The largest absolute Gasteiger partial charge is 0.300 e. The average molecular weight is 127 g/mol.